The summed E-state index contributed by atoms with van der Waals surface area (Å²) in [4.78, 5) is 13.6. The first kappa shape index (κ1) is 12.1. The Morgan fingerprint density at radius 1 is 1.56 bits per heavy atom. The molecule has 0 aromatic carbocycles. The fraction of sp³-hybridized carbons (Fsp3) is 0.333. The lowest BCUT2D eigenvalue weighted by molar-refractivity contribution is -0.276. The van der Waals surface area contributed by atoms with E-state index in [9.17, 15) is 18.0 Å². The lowest BCUT2D eigenvalue weighted by Crippen LogP contribution is -2.22. The third-order valence-corrected chi connectivity index (χ3v) is 1.70. The predicted octanol–water partition coefficient (Wildman–Crippen LogP) is 1.65. The van der Waals surface area contributed by atoms with E-state index in [1.165, 1.54) is 6.92 Å². The first-order chi connectivity index (χ1) is 7.33. The van der Waals surface area contributed by atoms with Crippen molar-refractivity contribution < 1.29 is 17.9 Å². The number of nitrogens with one attached hydrogen (secondary N) is 1. The van der Waals surface area contributed by atoms with Crippen LogP contribution in [-0.2, 0) is 6.42 Å². The van der Waals surface area contributed by atoms with Gasteiger partial charge in [-0.15, -0.1) is 13.2 Å². The van der Waals surface area contributed by atoms with Crippen LogP contribution in [0, 0.1) is 18.3 Å². The summed E-state index contributed by atoms with van der Waals surface area (Å²) in [6, 6.07) is 2.71. The van der Waals surface area contributed by atoms with Crippen molar-refractivity contribution >= 4 is 0 Å². The molecule has 4 nitrogen and oxygen atoms in total. The maximum atomic E-state index is 12.0. The van der Waals surface area contributed by atoms with Gasteiger partial charge in [-0.2, -0.15) is 5.26 Å². The van der Waals surface area contributed by atoms with Gasteiger partial charge in [0.2, 0.25) is 5.88 Å². The number of alkyl halides is 3. The molecule has 0 aliphatic carbocycles. The summed E-state index contributed by atoms with van der Waals surface area (Å²) < 4.78 is 39.6. The molecule has 1 aromatic rings. The molecule has 0 unspecified atom stereocenters. The number of nitriles is 1. The van der Waals surface area contributed by atoms with E-state index < -0.39 is 24.1 Å². The molecule has 0 amide bonds. The van der Waals surface area contributed by atoms with Crippen molar-refractivity contribution in [2.75, 3.05) is 0 Å². The fourth-order valence-electron chi connectivity index (χ4n) is 1.14. The standard InChI is InChI=1S/C9H7F3N2O2/c1-5-4-7(15)6(2-3-13)8(14-5)16-9(10,11)12/h4H,2H2,1H3,(H,14,15). The van der Waals surface area contributed by atoms with Gasteiger partial charge in [-0.1, -0.05) is 0 Å². The molecular formula is C9H7F3N2O2. The second-order valence-electron chi connectivity index (χ2n) is 3.01. The fourth-order valence-corrected chi connectivity index (χ4v) is 1.14. The van der Waals surface area contributed by atoms with Crippen LogP contribution in [0.5, 0.6) is 5.88 Å². The van der Waals surface area contributed by atoms with Gasteiger partial charge in [-0.3, -0.25) is 4.79 Å². The molecule has 0 spiro atoms. The predicted molar refractivity (Wildman–Crippen MR) is 47.8 cm³/mol. The van der Waals surface area contributed by atoms with Crippen molar-refractivity contribution in [1.29, 1.82) is 5.26 Å². The molecule has 1 N–H and O–H groups in total. The first-order valence-corrected chi connectivity index (χ1v) is 4.19. The maximum Gasteiger partial charge on any atom is 0.574 e. The molecule has 0 atom stereocenters. The minimum Gasteiger partial charge on any atom is -0.389 e. The third-order valence-electron chi connectivity index (χ3n) is 1.70. The monoisotopic (exact) mass is 232 g/mol. The van der Waals surface area contributed by atoms with Crippen molar-refractivity contribution in [2.24, 2.45) is 0 Å². The van der Waals surface area contributed by atoms with Crippen LogP contribution >= 0.6 is 0 Å². The number of rotatable bonds is 2. The summed E-state index contributed by atoms with van der Waals surface area (Å²) in [5, 5.41) is 8.40. The van der Waals surface area contributed by atoms with E-state index >= 15 is 0 Å². The van der Waals surface area contributed by atoms with Crippen molar-refractivity contribution in [2.45, 2.75) is 19.7 Å². The lowest BCUT2D eigenvalue weighted by atomic mass is 10.2. The molecule has 1 aromatic heterocycles. The number of halogens is 3. The molecule has 7 heteroatoms. The van der Waals surface area contributed by atoms with Crippen LogP contribution < -0.4 is 10.2 Å². The smallest absolute Gasteiger partial charge is 0.389 e. The van der Waals surface area contributed by atoms with Crippen molar-refractivity contribution in [3.63, 3.8) is 0 Å². The zero-order valence-corrected chi connectivity index (χ0v) is 8.18. The van der Waals surface area contributed by atoms with E-state index in [0.29, 0.717) is 0 Å². The van der Waals surface area contributed by atoms with Crippen LogP contribution in [0.2, 0.25) is 0 Å². The van der Waals surface area contributed by atoms with Crippen LogP contribution in [0.1, 0.15) is 11.3 Å². The van der Waals surface area contributed by atoms with E-state index in [1.807, 2.05) is 0 Å². The summed E-state index contributed by atoms with van der Waals surface area (Å²) in [5.74, 6) is -0.723. The zero-order chi connectivity index (χ0) is 12.3. The Morgan fingerprint density at radius 2 is 2.19 bits per heavy atom. The summed E-state index contributed by atoms with van der Waals surface area (Å²) >= 11 is 0. The Kier molecular flexibility index (Phi) is 3.22. The highest BCUT2D eigenvalue weighted by Crippen LogP contribution is 2.23. The first-order valence-electron chi connectivity index (χ1n) is 4.19. The Balaban J connectivity index is 3.25. The van der Waals surface area contributed by atoms with Crippen molar-refractivity contribution in [3.8, 4) is 11.9 Å². The highest BCUT2D eigenvalue weighted by atomic mass is 19.4. The van der Waals surface area contributed by atoms with Crippen LogP contribution in [-0.4, -0.2) is 11.3 Å². The second-order valence-corrected chi connectivity index (χ2v) is 3.01. The average Bonchev–Trinajstić information content (AvgIpc) is 2.08. The van der Waals surface area contributed by atoms with Gasteiger partial charge in [0.05, 0.1) is 18.1 Å². The Labute approximate surface area is 88.3 Å². The van der Waals surface area contributed by atoms with Gasteiger partial charge in [-0.25, -0.2) is 0 Å². The van der Waals surface area contributed by atoms with Gasteiger partial charge in [-0.05, 0) is 6.92 Å². The molecule has 0 aliphatic rings. The molecule has 1 rings (SSSR count). The van der Waals surface area contributed by atoms with Crippen LogP contribution in [0.15, 0.2) is 10.9 Å². The number of pyridine rings is 1. The summed E-state index contributed by atoms with van der Waals surface area (Å²) in [6.07, 6.45) is -5.35. The Bertz CT molecular complexity index is 485. The van der Waals surface area contributed by atoms with Crippen molar-refractivity contribution in [3.05, 3.63) is 27.5 Å². The maximum absolute atomic E-state index is 12.0. The molecule has 0 aliphatic heterocycles. The summed E-state index contributed by atoms with van der Waals surface area (Å²) in [7, 11) is 0. The molecule has 16 heavy (non-hydrogen) atoms. The number of hydrogen-bond donors (Lipinski definition) is 1. The third kappa shape index (κ3) is 3.02. The highest BCUT2D eigenvalue weighted by molar-refractivity contribution is 5.30. The Hall–Kier alpha value is -1.97. The van der Waals surface area contributed by atoms with Crippen LogP contribution in [0.4, 0.5) is 13.2 Å². The van der Waals surface area contributed by atoms with Crippen molar-refractivity contribution in [1.82, 2.24) is 4.98 Å². The number of H-pyrrole nitrogens is 1. The van der Waals surface area contributed by atoms with Gasteiger partial charge in [0.1, 0.15) is 0 Å². The number of nitrogens with zero attached hydrogens (tertiary/aromatic N) is 1. The molecule has 86 valence electrons. The van der Waals surface area contributed by atoms with Crippen LogP contribution in [0.3, 0.4) is 0 Å². The molecule has 0 bridgehead atoms. The second kappa shape index (κ2) is 4.26. The van der Waals surface area contributed by atoms with E-state index in [1.54, 1.807) is 6.07 Å². The van der Waals surface area contributed by atoms with E-state index in [-0.39, 0.29) is 11.3 Å². The summed E-state index contributed by atoms with van der Waals surface area (Å²) in [6.45, 7) is 1.42. The number of hydrogen-bond acceptors (Lipinski definition) is 3. The lowest BCUT2D eigenvalue weighted by Gasteiger charge is -2.11. The Morgan fingerprint density at radius 3 is 2.69 bits per heavy atom. The zero-order valence-electron chi connectivity index (χ0n) is 8.18. The molecule has 0 saturated carbocycles. The molecule has 1 heterocycles. The molecule has 0 fully saturated rings. The van der Waals surface area contributed by atoms with E-state index in [4.69, 9.17) is 5.26 Å². The number of aryl methyl sites for hydroxylation is 1. The number of ether oxygens (including phenoxy) is 1. The molecule has 0 radical (unpaired) electrons. The number of aromatic nitrogens is 1. The molecule has 0 saturated heterocycles. The molecular weight excluding hydrogens is 225 g/mol. The minimum absolute atomic E-state index is 0.228. The normalized spacial score (nSPS) is 10.9. The SMILES string of the molecule is Cc1cc(=O)c(CC#N)c(OC(F)(F)F)[nH]1. The van der Waals surface area contributed by atoms with E-state index in [2.05, 4.69) is 9.72 Å². The largest absolute Gasteiger partial charge is 0.574 e. The average molecular weight is 232 g/mol. The van der Waals surface area contributed by atoms with E-state index in [0.717, 1.165) is 6.07 Å². The van der Waals surface area contributed by atoms with Gasteiger partial charge in [0.15, 0.2) is 5.43 Å². The van der Waals surface area contributed by atoms with Gasteiger partial charge in [0.25, 0.3) is 0 Å². The minimum atomic E-state index is -4.90. The topological polar surface area (TPSA) is 65.9 Å². The van der Waals surface area contributed by atoms with Crippen LogP contribution in [0.25, 0.3) is 0 Å². The highest BCUT2D eigenvalue weighted by Gasteiger charge is 2.33. The van der Waals surface area contributed by atoms with Gasteiger partial charge < -0.3 is 9.72 Å². The summed E-state index contributed by atoms with van der Waals surface area (Å²) in [5.41, 5.74) is -0.756. The quantitative estimate of drug-likeness (QED) is 0.842. The number of aromatic amines is 1. The van der Waals surface area contributed by atoms with Gasteiger partial charge >= 0.3 is 6.36 Å². The van der Waals surface area contributed by atoms with Gasteiger partial charge in [0, 0.05) is 11.8 Å².